The molecular weight excluding hydrogens is 330 g/mol. The third kappa shape index (κ3) is 3.74. The van der Waals surface area contributed by atoms with E-state index in [0.29, 0.717) is 16.6 Å². The smallest absolute Gasteiger partial charge is 0.231 e. The Hall–Kier alpha value is -2.81. The number of phenolic OH excluding ortho intramolecular Hbond substituents is 1. The molecule has 0 radical (unpaired) electrons. The first-order valence-electron chi connectivity index (χ1n) is 7.17. The monoisotopic (exact) mass is 345 g/mol. The number of aromatic nitrogens is 4. The molecule has 0 aliphatic rings. The number of carbonyl (C=O) groups is 1. The molecule has 0 bridgehead atoms. The Kier molecular flexibility index (Phi) is 4.80. The Balaban J connectivity index is 1.60. The van der Waals surface area contributed by atoms with Gasteiger partial charge in [0.2, 0.25) is 11.1 Å². The SMILES string of the molecule is C[C@H](NC(=O)CSc1nnnn1-c1ccc(O)cc1)c1ccco1. The summed E-state index contributed by atoms with van der Waals surface area (Å²) in [4.78, 5) is 12.1. The highest BCUT2D eigenvalue weighted by atomic mass is 32.2. The van der Waals surface area contributed by atoms with Crippen LogP contribution in [0.1, 0.15) is 18.7 Å². The Bertz CT molecular complexity index is 801. The van der Waals surface area contributed by atoms with E-state index in [1.807, 2.05) is 13.0 Å². The number of carbonyl (C=O) groups excluding carboxylic acids is 1. The van der Waals surface area contributed by atoms with Gasteiger partial charge in [0.25, 0.3) is 0 Å². The van der Waals surface area contributed by atoms with Crippen molar-refractivity contribution in [1.82, 2.24) is 25.5 Å². The van der Waals surface area contributed by atoms with Gasteiger partial charge in [-0.3, -0.25) is 4.79 Å². The molecular formula is C15H15N5O3S. The molecule has 1 aromatic carbocycles. The fourth-order valence-corrected chi connectivity index (χ4v) is 2.75. The lowest BCUT2D eigenvalue weighted by atomic mass is 10.2. The molecule has 2 N–H and O–H groups in total. The number of hydrogen-bond donors (Lipinski definition) is 2. The first-order valence-corrected chi connectivity index (χ1v) is 8.15. The number of nitrogens with one attached hydrogen (secondary N) is 1. The van der Waals surface area contributed by atoms with E-state index in [1.165, 1.54) is 16.4 Å². The summed E-state index contributed by atoms with van der Waals surface area (Å²) < 4.78 is 6.76. The molecule has 24 heavy (non-hydrogen) atoms. The van der Waals surface area contributed by atoms with Crippen LogP contribution in [0.4, 0.5) is 0 Å². The zero-order valence-corrected chi connectivity index (χ0v) is 13.6. The number of rotatable bonds is 6. The van der Waals surface area contributed by atoms with Crippen molar-refractivity contribution in [3.8, 4) is 11.4 Å². The molecule has 0 aliphatic carbocycles. The first kappa shape index (κ1) is 16.1. The molecule has 8 nitrogen and oxygen atoms in total. The Morgan fingerprint density at radius 3 is 2.88 bits per heavy atom. The summed E-state index contributed by atoms with van der Waals surface area (Å²) in [5.41, 5.74) is 0.699. The van der Waals surface area contributed by atoms with Crippen LogP contribution in [-0.2, 0) is 4.79 Å². The van der Waals surface area contributed by atoms with Crippen LogP contribution in [0.2, 0.25) is 0 Å². The molecule has 124 valence electrons. The second-order valence-corrected chi connectivity index (χ2v) is 5.93. The van der Waals surface area contributed by atoms with Crippen LogP contribution < -0.4 is 5.32 Å². The van der Waals surface area contributed by atoms with Gasteiger partial charge in [-0.05, 0) is 53.7 Å². The van der Waals surface area contributed by atoms with Crippen molar-refractivity contribution in [3.05, 3.63) is 48.4 Å². The van der Waals surface area contributed by atoms with Gasteiger partial charge in [0.1, 0.15) is 11.5 Å². The summed E-state index contributed by atoms with van der Waals surface area (Å²) in [6.45, 7) is 1.85. The van der Waals surface area contributed by atoms with Crippen LogP contribution in [-0.4, -0.2) is 37.0 Å². The van der Waals surface area contributed by atoms with Gasteiger partial charge in [-0.2, -0.15) is 4.68 Å². The standard InChI is InChI=1S/C15H15N5O3S/c1-10(13-3-2-8-23-13)16-14(22)9-24-15-17-18-19-20(15)11-4-6-12(21)7-5-11/h2-8,10,21H,9H2,1H3,(H,16,22)/t10-/m0/s1. The van der Waals surface area contributed by atoms with Crippen molar-refractivity contribution in [3.63, 3.8) is 0 Å². The van der Waals surface area contributed by atoms with E-state index in [0.717, 1.165) is 0 Å². The molecule has 9 heteroatoms. The number of amides is 1. The lowest BCUT2D eigenvalue weighted by Gasteiger charge is -2.11. The number of benzene rings is 1. The summed E-state index contributed by atoms with van der Waals surface area (Å²) in [7, 11) is 0. The topological polar surface area (TPSA) is 106 Å². The second-order valence-electron chi connectivity index (χ2n) is 4.98. The number of aromatic hydroxyl groups is 1. The molecule has 2 heterocycles. The molecule has 0 spiro atoms. The summed E-state index contributed by atoms with van der Waals surface area (Å²) in [5.74, 6) is 0.877. The Morgan fingerprint density at radius 2 is 2.17 bits per heavy atom. The highest BCUT2D eigenvalue weighted by Crippen LogP contribution is 2.20. The minimum absolute atomic E-state index is 0.149. The normalized spacial score (nSPS) is 12.0. The van der Waals surface area contributed by atoms with Crippen molar-refractivity contribution >= 4 is 17.7 Å². The molecule has 1 atom stereocenters. The highest BCUT2D eigenvalue weighted by Gasteiger charge is 2.15. The molecule has 0 saturated heterocycles. The van der Waals surface area contributed by atoms with Gasteiger partial charge in [0.15, 0.2) is 0 Å². The van der Waals surface area contributed by atoms with E-state index in [2.05, 4.69) is 20.8 Å². The summed E-state index contributed by atoms with van der Waals surface area (Å²) in [5, 5.41) is 24.1. The predicted molar refractivity (Wildman–Crippen MR) is 86.8 cm³/mol. The molecule has 3 aromatic rings. The van der Waals surface area contributed by atoms with E-state index in [4.69, 9.17) is 4.42 Å². The number of furan rings is 1. The van der Waals surface area contributed by atoms with Crippen molar-refractivity contribution in [2.24, 2.45) is 0 Å². The van der Waals surface area contributed by atoms with Crippen molar-refractivity contribution in [1.29, 1.82) is 0 Å². The van der Waals surface area contributed by atoms with Gasteiger partial charge in [-0.25, -0.2) is 0 Å². The average Bonchev–Trinajstić information content (AvgIpc) is 3.25. The van der Waals surface area contributed by atoms with E-state index in [1.54, 1.807) is 36.6 Å². The molecule has 0 aliphatic heterocycles. The molecule has 3 rings (SSSR count). The van der Waals surface area contributed by atoms with Crippen molar-refractivity contribution in [2.45, 2.75) is 18.1 Å². The van der Waals surface area contributed by atoms with E-state index in [9.17, 15) is 9.90 Å². The molecule has 0 unspecified atom stereocenters. The van der Waals surface area contributed by atoms with Crippen LogP contribution in [0.25, 0.3) is 5.69 Å². The van der Waals surface area contributed by atoms with Gasteiger partial charge < -0.3 is 14.8 Å². The quantitative estimate of drug-likeness (QED) is 0.657. The van der Waals surface area contributed by atoms with Crippen LogP contribution in [0.15, 0.2) is 52.2 Å². The average molecular weight is 345 g/mol. The summed E-state index contributed by atoms with van der Waals surface area (Å²) >= 11 is 1.22. The summed E-state index contributed by atoms with van der Waals surface area (Å²) in [6, 6.07) is 9.85. The molecule has 0 fully saturated rings. The van der Waals surface area contributed by atoms with Gasteiger partial charge in [0.05, 0.1) is 23.7 Å². The number of hydrogen-bond acceptors (Lipinski definition) is 7. The Morgan fingerprint density at radius 1 is 1.38 bits per heavy atom. The van der Waals surface area contributed by atoms with Crippen LogP contribution >= 0.6 is 11.8 Å². The minimum atomic E-state index is -0.207. The van der Waals surface area contributed by atoms with E-state index in [-0.39, 0.29) is 23.5 Å². The zero-order valence-electron chi connectivity index (χ0n) is 12.8. The number of nitrogens with zero attached hydrogens (tertiary/aromatic N) is 4. The van der Waals surface area contributed by atoms with Crippen LogP contribution in [0, 0.1) is 0 Å². The maximum absolute atomic E-state index is 12.1. The lowest BCUT2D eigenvalue weighted by Crippen LogP contribution is -2.28. The first-order chi connectivity index (χ1) is 11.6. The van der Waals surface area contributed by atoms with Gasteiger partial charge >= 0.3 is 0 Å². The van der Waals surface area contributed by atoms with E-state index < -0.39 is 0 Å². The third-order valence-corrected chi connectivity index (χ3v) is 4.13. The van der Waals surface area contributed by atoms with Gasteiger partial charge in [-0.1, -0.05) is 11.8 Å². The predicted octanol–water partition coefficient (Wildman–Crippen LogP) is 1.93. The zero-order chi connectivity index (χ0) is 16.9. The lowest BCUT2D eigenvalue weighted by molar-refractivity contribution is -0.119. The molecule has 0 saturated carbocycles. The van der Waals surface area contributed by atoms with E-state index >= 15 is 0 Å². The number of thioether (sulfide) groups is 1. The van der Waals surface area contributed by atoms with Gasteiger partial charge in [-0.15, -0.1) is 5.10 Å². The molecule has 1 amide bonds. The largest absolute Gasteiger partial charge is 0.508 e. The highest BCUT2D eigenvalue weighted by molar-refractivity contribution is 7.99. The fourth-order valence-electron chi connectivity index (χ4n) is 2.05. The minimum Gasteiger partial charge on any atom is -0.508 e. The van der Waals surface area contributed by atoms with Crippen molar-refractivity contribution in [2.75, 3.05) is 5.75 Å². The summed E-state index contributed by atoms with van der Waals surface area (Å²) in [6.07, 6.45) is 1.57. The van der Waals surface area contributed by atoms with Crippen LogP contribution in [0.3, 0.4) is 0 Å². The maximum atomic E-state index is 12.1. The fraction of sp³-hybridized carbons (Fsp3) is 0.200. The van der Waals surface area contributed by atoms with Crippen molar-refractivity contribution < 1.29 is 14.3 Å². The molecule has 2 aromatic heterocycles. The van der Waals surface area contributed by atoms with Gasteiger partial charge in [0, 0.05) is 0 Å². The third-order valence-electron chi connectivity index (χ3n) is 3.21. The second kappa shape index (κ2) is 7.18. The maximum Gasteiger partial charge on any atom is 0.231 e. The Labute approximate surface area is 141 Å². The number of phenols is 1. The number of tetrazole rings is 1. The van der Waals surface area contributed by atoms with Crippen LogP contribution in [0.5, 0.6) is 5.75 Å².